The van der Waals surface area contributed by atoms with Gasteiger partial charge in [-0.1, -0.05) is 24.3 Å². The fourth-order valence-corrected chi connectivity index (χ4v) is 2.79. The molecule has 0 amide bonds. The van der Waals surface area contributed by atoms with Crippen molar-refractivity contribution in [3.63, 3.8) is 0 Å². The van der Waals surface area contributed by atoms with Crippen LogP contribution in [0.15, 0.2) is 48.5 Å². The summed E-state index contributed by atoms with van der Waals surface area (Å²) in [6.07, 6.45) is -10.4. The Balaban J connectivity index is 2.53. The van der Waals surface area contributed by atoms with Gasteiger partial charge in [0.15, 0.2) is 5.78 Å². The standard InChI is InChI=1S/C19H16F6O3/c1-27-13-7-3-11(4-8-13)15(18(20,21)22)17(26)16(19(23,24)25)12-5-9-14(28-2)10-6-12/h3-10,15-16H,1-2H3. The highest BCUT2D eigenvalue weighted by atomic mass is 19.4. The van der Waals surface area contributed by atoms with Gasteiger partial charge >= 0.3 is 12.4 Å². The highest BCUT2D eigenvalue weighted by Gasteiger charge is 2.55. The van der Waals surface area contributed by atoms with Gasteiger partial charge in [0, 0.05) is 0 Å². The van der Waals surface area contributed by atoms with Gasteiger partial charge in [-0.25, -0.2) is 0 Å². The van der Waals surface area contributed by atoms with E-state index < -0.39 is 41.1 Å². The van der Waals surface area contributed by atoms with Gasteiger partial charge in [-0.15, -0.1) is 0 Å². The summed E-state index contributed by atoms with van der Waals surface area (Å²) in [4.78, 5) is 12.5. The minimum absolute atomic E-state index is 0.208. The first-order valence-corrected chi connectivity index (χ1v) is 7.94. The Hall–Kier alpha value is -2.71. The molecule has 2 aromatic rings. The smallest absolute Gasteiger partial charge is 0.402 e. The van der Waals surface area contributed by atoms with E-state index in [9.17, 15) is 31.1 Å². The predicted octanol–water partition coefficient (Wildman–Crippen LogP) is 5.26. The molecular weight excluding hydrogens is 390 g/mol. The number of benzene rings is 2. The maximum atomic E-state index is 13.6. The molecule has 2 unspecified atom stereocenters. The number of hydrogen-bond acceptors (Lipinski definition) is 3. The number of carbonyl (C=O) groups excluding carboxylic acids is 1. The number of Topliss-reactive ketones (excluding diaryl/α,β-unsaturated/α-hetero) is 1. The summed E-state index contributed by atoms with van der Waals surface area (Å²) in [5.41, 5.74) is -1.19. The molecule has 0 saturated carbocycles. The summed E-state index contributed by atoms with van der Waals surface area (Å²) in [5.74, 6) is -7.46. The largest absolute Gasteiger partial charge is 0.497 e. The normalized spacial score (nSPS) is 14.3. The molecule has 0 aliphatic carbocycles. The van der Waals surface area contributed by atoms with Crippen LogP contribution in [0.25, 0.3) is 0 Å². The summed E-state index contributed by atoms with van der Waals surface area (Å²) < 4.78 is 91.2. The molecule has 152 valence electrons. The van der Waals surface area contributed by atoms with E-state index in [1.807, 2.05) is 0 Å². The van der Waals surface area contributed by atoms with Crippen molar-refractivity contribution in [1.29, 1.82) is 0 Å². The summed E-state index contributed by atoms with van der Waals surface area (Å²) in [5, 5.41) is 0. The summed E-state index contributed by atoms with van der Waals surface area (Å²) in [7, 11) is 2.57. The highest BCUT2D eigenvalue weighted by molar-refractivity contribution is 5.93. The predicted molar refractivity (Wildman–Crippen MR) is 88.6 cm³/mol. The summed E-state index contributed by atoms with van der Waals surface area (Å²) in [6.45, 7) is 0. The first-order valence-electron chi connectivity index (χ1n) is 7.94. The minimum Gasteiger partial charge on any atom is -0.497 e. The van der Waals surface area contributed by atoms with E-state index in [0.29, 0.717) is 0 Å². The van der Waals surface area contributed by atoms with Crippen LogP contribution in [0.2, 0.25) is 0 Å². The monoisotopic (exact) mass is 406 g/mol. The fourth-order valence-electron chi connectivity index (χ4n) is 2.79. The molecule has 0 aliphatic rings. The summed E-state index contributed by atoms with van der Waals surface area (Å²) >= 11 is 0. The van der Waals surface area contributed by atoms with Gasteiger partial charge in [0.1, 0.15) is 23.3 Å². The number of methoxy groups -OCH3 is 2. The van der Waals surface area contributed by atoms with Gasteiger partial charge < -0.3 is 9.47 Å². The van der Waals surface area contributed by atoms with E-state index in [0.717, 1.165) is 48.5 Å². The van der Waals surface area contributed by atoms with Crippen LogP contribution in [0.1, 0.15) is 23.0 Å². The molecule has 28 heavy (non-hydrogen) atoms. The lowest BCUT2D eigenvalue weighted by Gasteiger charge is -2.26. The van der Waals surface area contributed by atoms with Gasteiger partial charge in [-0.05, 0) is 35.4 Å². The van der Waals surface area contributed by atoms with Crippen LogP contribution in [-0.2, 0) is 4.79 Å². The zero-order valence-electron chi connectivity index (χ0n) is 14.8. The molecule has 0 aromatic heterocycles. The van der Waals surface area contributed by atoms with E-state index in [1.165, 1.54) is 14.2 Å². The first kappa shape index (κ1) is 21.6. The van der Waals surface area contributed by atoms with Crippen LogP contribution in [0.5, 0.6) is 11.5 Å². The van der Waals surface area contributed by atoms with Crippen LogP contribution < -0.4 is 9.47 Å². The molecule has 2 aromatic carbocycles. The van der Waals surface area contributed by atoms with Crippen LogP contribution in [-0.4, -0.2) is 32.4 Å². The second kappa shape index (κ2) is 8.12. The molecular formula is C19H16F6O3. The third kappa shape index (κ3) is 4.76. The van der Waals surface area contributed by atoms with Crippen molar-refractivity contribution in [1.82, 2.24) is 0 Å². The maximum Gasteiger partial charge on any atom is 0.402 e. The molecule has 0 bridgehead atoms. The van der Waals surface area contributed by atoms with Gasteiger partial charge in [-0.3, -0.25) is 4.79 Å². The molecule has 0 spiro atoms. The zero-order chi connectivity index (χ0) is 21.1. The van der Waals surface area contributed by atoms with Gasteiger partial charge in [-0.2, -0.15) is 26.3 Å². The second-order valence-electron chi connectivity index (χ2n) is 5.90. The molecule has 0 N–H and O–H groups in total. The molecule has 0 aliphatic heterocycles. The first-order chi connectivity index (χ1) is 13.0. The Bertz CT molecular complexity index is 727. The molecule has 0 radical (unpaired) electrons. The van der Waals surface area contributed by atoms with E-state index in [4.69, 9.17) is 9.47 Å². The van der Waals surface area contributed by atoms with Crippen molar-refractivity contribution in [2.75, 3.05) is 14.2 Å². The van der Waals surface area contributed by atoms with Crippen LogP contribution >= 0.6 is 0 Å². The Labute approximate surface area is 156 Å². The number of carbonyl (C=O) groups is 1. The number of ketones is 1. The van der Waals surface area contributed by atoms with Crippen molar-refractivity contribution in [2.45, 2.75) is 24.2 Å². The maximum absolute atomic E-state index is 13.6. The number of alkyl halides is 6. The minimum atomic E-state index is -5.21. The summed E-state index contributed by atoms with van der Waals surface area (Å²) in [6, 6.07) is 8.31. The lowest BCUT2D eigenvalue weighted by atomic mass is 9.82. The van der Waals surface area contributed by atoms with Crippen LogP contribution in [0.3, 0.4) is 0 Å². The number of ether oxygens (including phenoxy) is 2. The van der Waals surface area contributed by atoms with Crippen LogP contribution in [0, 0.1) is 0 Å². The van der Waals surface area contributed by atoms with Crippen molar-refractivity contribution in [2.24, 2.45) is 0 Å². The van der Waals surface area contributed by atoms with Gasteiger partial charge in [0.25, 0.3) is 0 Å². The van der Waals surface area contributed by atoms with Gasteiger partial charge in [0.05, 0.1) is 14.2 Å². The lowest BCUT2D eigenvalue weighted by molar-refractivity contribution is -0.183. The lowest BCUT2D eigenvalue weighted by Crippen LogP contribution is -2.38. The number of halogens is 6. The van der Waals surface area contributed by atoms with E-state index in [1.54, 1.807) is 0 Å². The highest BCUT2D eigenvalue weighted by Crippen LogP contribution is 2.45. The van der Waals surface area contributed by atoms with Crippen molar-refractivity contribution in [3.05, 3.63) is 59.7 Å². The number of rotatable bonds is 6. The Morgan fingerprint density at radius 2 is 0.964 bits per heavy atom. The molecule has 0 fully saturated rings. The average Bonchev–Trinajstić information content (AvgIpc) is 2.61. The topological polar surface area (TPSA) is 35.5 Å². The average molecular weight is 406 g/mol. The Kier molecular flexibility index (Phi) is 6.26. The zero-order valence-corrected chi connectivity index (χ0v) is 14.8. The van der Waals surface area contributed by atoms with Crippen LogP contribution in [0.4, 0.5) is 26.3 Å². The van der Waals surface area contributed by atoms with Crippen molar-refractivity contribution < 1.29 is 40.6 Å². The molecule has 0 saturated heterocycles. The molecule has 9 heteroatoms. The van der Waals surface area contributed by atoms with Gasteiger partial charge in [0.2, 0.25) is 0 Å². The Morgan fingerprint density at radius 1 is 0.679 bits per heavy atom. The quantitative estimate of drug-likeness (QED) is 0.614. The third-order valence-electron chi connectivity index (χ3n) is 4.12. The molecule has 3 nitrogen and oxygen atoms in total. The third-order valence-corrected chi connectivity index (χ3v) is 4.12. The Morgan fingerprint density at radius 3 is 1.18 bits per heavy atom. The SMILES string of the molecule is COc1ccc(C(C(=O)C(c2ccc(OC)cc2)C(F)(F)F)C(F)(F)F)cc1. The van der Waals surface area contributed by atoms with E-state index in [-0.39, 0.29) is 11.5 Å². The van der Waals surface area contributed by atoms with E-state index >= 15 is 0 Å². The molecule has 2 atom stereocenters. The number of hydrogen-bond donors (Lipinski definition) is 0. The molecule has 2 rings (SSSR count). The second-order valence-corrected chi connectivity index (χ2v) is 5.90. The van der Waals surface area contributed by atoms with E-state index in [2.05, 4.69) is 0 Å². The fraction of sp³-hybridized carbons (Fsp3) is 0.316. The molecule has 0 heterocycles. The van der Waals surface area contributed by atoms with Crippen molar-refractivity contribution >= 4 is 5.78 Å². The van der Waals surface area contributed by atoms with Crippen molar-refractivity contribution in [3.8, 4) is 11.5 Å².